The van der Waals surface area contributed by atoms with Gasteiger partial charge in [0.05, 0.1) is 76.7 Å². The zero-order valence-corrected chi connectivity index (χ0v) is 72.2. The minimum Gasteiger partial charge on any atom is -0.463 e. The molecule has 0 N–H and O–H groups in total. The Balaban J connectivity index is 1.82. The molecule has 0 amide bonds. The number of rotatable bonds is 41. The highest BCUT2D eigenvalue weighted by Gasteiger charge is 2.61. The van der Waals surface area contributed by atoms with Crippen LogP contribution in [0.3, 0.4) is 0 Å². The molecule has 0 spiro atoms. The molecule has 3 heterocycles. The number of hydrogen-bond donors (Lipinski definition) is 0. The molecule has 3 fully saturated rings. The summed E-state index contributed by atoms with van der Waals surface area (Å²) < 4.78 is 111. The first-order valence-corrected chi connectivity index (χ1v) is 40.6. The lowest BCUT2D eigenvalue weighted by molar-refractivity contribution is -0.379. The molecule has 0 unspecified atom stereocenters. The maximum absolute atomic E-state index is 15.1. The first-order chi connectivity index (χ1) is 53.7. The number of unbranched alkanes of at least 4 members (excludes halogenated alkanes) is 11. The van der Waals surface area contributed by atoms with Gasteiger partial charge in [-0.25, -0.2) is 0 Å². The van der Waals surface area contributed by atoms with E-state index in [-0.39, 0.29) is 19.6 Å². The standard InChI is InChI=1S/C86H133N3O26/c1-23-24-25-26-27-28-29-30-31-32-33-40-45-60(100-47-56-41-36-34-37-42-56)64(101-48-57-43-38-35-39-44-57)59(88-89-87)50-102-72-70(114-79(97)85(17,18)19)69(113-78(96)84(14,15)16)65(62(108-72)51-103-75(93)81(5,6)7)110-74-71(115-80(98)86(20,21)22)68(66(112-77(95)83(11,12)13)63(109-74)52-104-76(94)82(8,9)10)111-73-67(106-55(4)92)61(105-54(3)91)46-58(107-73)49-99-53(2)90/h34-39,41-44,58-74H,23-33,40,45-52H2,1-22H3/t58-,59-,60+,61-,62+,63+,64-,65+,66-,67+,68-,69-,70+,71+,72-,73+,74-/m0/s1. The molecule has 3 aliphatic rings. The fourth-order valence-electron chi connectivity index (χ4n) is 12.3. The molecule has 0 aromatic heterocycles. The molecule has 0 radical (unpaired) electrons. The number of benzene rings is 2. The van der Waals surface area contributed by atoms with E-state index in [4.69, 9.17) is 80.5 Å². The largest absolute Gasteiger partial charge is 0.463 e. The van der Waals surface area contributed by atoms with E-state index in [0.29, 0.717) is 12.8 Å². The summed E-state index contributed by atoms with van der Waals surface area (Å²) in [6, 6.07) is 17.7. The highest BCUT2D eigenvalue weighted by atomic mass is 16.8. The topological polar surface area (TPSA) is 359 Å². The van der Waals surface area contributed by atoms with Crippen LogP contribution in [0.25, 0.3) is 10.4 Å². The van der Waals surface area contributed by atoms with Crippen LogP contribution < -0.4 is 0 Å². The number of ether oxygens (including phenoxy) is 17. The summed E-state index contributed by atoms with van der Waals surface area (Å²) in [6.45, 7) is 31.2. The molecule has 115 heavy (non-hydrogen) atoms. The van der Waals surface area contributed by atoms with Crippen molar-refractivity contribution in [2.24, 2.45) is 37.6 Å². The zero-order valence-electron chi connectivity index (χ0n) is 72.2. The number of carbonyl (C=O) groups is 9. The van der Waals surface area contributed by atoms with Gasteiger partial charge in [0.25, 0.3) is 0 Å². The molecule has 17 atom stereocenters. The molecule has 2 aromatic rings. The smallest absolute Gasteiger partial charge is 0.311 e. The summed E-state index contributed by atoms with van der Waals surface area (Å²) in [4.78, 5) is 130. The molecule has 3 aliphatic heterocycles. The first kappa shape index (κ1) is 98.2. The van der Waals surface area contributed by atoms with Crippen molar-refractivity contribution in [3.8, 4) is 0 Å². The van der Waals surface area contributed by atoms with Gasteiger partial charge in [-0.2, -0.15) is 0 Å². The Morgan fingerprint density at radius 2 is 0.826 bits per heavy atom. The Morgan fingerprint density at radius 3 is 1.27 bits per heavy atom. The molecule has 2 aromatic carbocycles. The van der Waals surface area contributed by atoms with Crippen LogP contribution in [0.1, 0.15) is 253 Å². The van der Waals surface area contributed by atoms with Gasteiger partial charge in [0.2, 0.25) is 0 Å². The van der Waals surface area contributed by atoms with Crippen molar-refractivity contribution in [3.63, 3.8) is 0 Å². The third kappa shape index (κ3) is 33.2. The average molecular weight is 1630 g/mol. The summed E-state index contributed by atoms with van der Waals surface area (Å²) in [5.74, 6) is -7.76. The quantitative estimate of drug-likeness (QED) is 0.0149. The molecule has 0 saturated carbocycles. The van der Waals surface area contributed by atoms with E-state index in [1.54, 1.807) is 104 Å². The predicted octanol–water partition coefficient (Wildman–Crippen LogP) is 14.7. The molecule has 648 valence electrons. The Labute approximate surface area is 680 Å². The summed E-state index contributed by atoms with van der Waals surface area (Å²) in [5, 5.41) is 4.37. The first-order valence-electron chi connectivity index (χ1n) is 40.6. The summed E-state index contributed by atoms with van der Waals surface area (Å²) in [6.07, 6.45) is -14.0. The van der Waals surface area contributed by atoms with E-state index in [1.807, 2.05) is 60.7 Å². The lowest BCUT2D eigenvalue weighted by Crippen LogP contribution is -2.69. The fraction of sp³-hybridized carbons (Fsp3) is 0.756. The van der Waals surface area contributed by atoms with E-state index in [9.17, 15) is 39.1 Å². The van der Waals surface area contributed by atoms with E-state index in [2.05, 4.69) is 16.9 Å². The van der Waals surface area contributed by atoms with Crippen molar-refractivity contribution in [1.82, 2.24) is 0 Å². The summed E-state index contributed by atoms with van der Waals surface area (Å²) in [7, 11) is 0. The molecule has 29 heteroatoms. The number of hydrogen-bond acceptors (Lipinski definition) is 27. The minimum absolute atomic E-state index is 0.0239. The van der Waals surface area contributed by atoms with Crippen LogP contribution in [-0.4, -0.2) is 184 Å². The van der Waals surface area contributed by atoms with Crippen LogP contribution >= 0.6 is 0 Å². The Bertz CT molecular complexity index is 3440. The number of nitrogens with zero attached hydrogens (tertiary/aromatic N) is 3. The third-order valence-electron chi connectivity index (χ3n) is 19.0. The Morgan fingerprint density at radius 1 is 0.426 bits per heavy atom. The number of esters is 9. The Hall–Kier alpha value is -7.34. The van der Waals surface area contributed by atoms with Gasteiger partial charge in [-0.15, -0.1) is 0 Å². The van der Waals surface area contributed by atoms with Crippen molar-refractivity contribution in [1.29, 1.82) is 0 Å². The highest BCUT2D eigenvalue weighted by Crippen LogP contribution is 2.41. The van der Waals surface area contributed by atoms with Crippen LogP contribution in [0.15, 0.2) is 65.8 Å². The van der Waals surface area contributed by atoms with E-state index in [1.165, 1.54) is 59.3 Å². The van der Waals surface area contributed by atoms with E-state index < -0.39 is 217 Å². The van der Waals surface area contributed by atoms with Gasteiger partial charge in [-0.1, -0.05) is 150 Å². The van der Waals surface area contributed by atoms with Gasteiger partial charge in [0.1, 0.15) is 50.3 Å². The van der Waals surface area contributed by atoms with Crippen molar-refractivity contribution in [2.45, 2.75) is 360 Å². The maximum Gasteiger partial charge on any atom is 0.311 e. The summed E-state index contributed by atoms with van der Waals surface area (Å²) in [5.41, 5.74) is 4.50. The van der Waals surface area contributed by atoms with Gasteiger partial charge in [0, 0.05) is 32.1 Å². The highest BCUT2D eigenvalue weighted by molar-refractivity contribution is 5.78. The molecular formula is C86H133N3O26. The maximum atomic E-state index is 15.1. The van der Waals surface area contributed by atoms with Gasteiger partial charge in [-0.3, -0.25) is 43.2 Å². The monoisotopic (exact) mass is 1620 g/mol. The lowest BCUT2D eigenvalue weighted by Gasteiger charge is -2.51. The van der Waals surface area contributed by atoms with Crippen molar-refractivity contribution >= 4 is 53.7 Å². The number of azide groups is 1. The van der Waals surface area contributed by atoms with Crippen LogP contribution in [0.5, 0.6) is 0 Å². The van der Waals surface area contributed by atoms with E-state index in [0.717, 1.165) is 64.0 Å². The van der Waals surface area contributed by atoms with Gasteiger partial charge >= 0.3 is 53.7 Å². The predicted molar refractivity (Wildman–Crippen MR) is 421 cm³/mol. The second-order valence-electron chi connectivity index (χ2n) is 36.2. The second-order valence-corrected chi connectivity index (χ2v) is 36.2. The molecular weight excluding hydrogens is 1490 g/mol. The van der Waals surface area contributed by atoms with Crippen molar-refractivity contribution < 1.29 is 124 Å². The van der Waals surface area contributed by atoms with Crippen LogP contribution in [0.2, 0.25) is 0 Å². The van der Waals surface area contributed by atoms with Crippen LogP contribution in [-0.2, 0) is 137 Å². The SMILES string of the molecule is CCCCCCCCCCCCCC[C@@H](OCc1ccccc1)[C@@H](OCc1ccccc1)[C@H](CO[C@H]1O[C@H](COC(=O)C(C)(C)C)[C@@H](O[C@@H]2O[C@H](COC(=O)C(C)(C)C)[C@H](OC(=O)C(C)(C)C)[C@H](O[C@H]3O[C@H](COC(C)=O)C[C@H](OC(C)=O)[C@H]3OC(C)=O)[C@H]2OC(=O)C(C)(C)C)[C@H](OC(=O)C(C)(C)C)[C@H]1OC(=O)C(C)(C)C)N=[N+]=[N-]. The van der Waals surface area contributed by atoms with E-state index >= 15 is 9.59 Å². The molecule has 0 bridgehead atoms. The minimum atomic E-state index is -2.17. The normalized spacial score (nSPS) is 24.3. The summed E-state index contributed by atoms with van der Waals surface area (Å²) >= 11 is 0. The number of carbonyl (C=O) groups excluding carboxylic acids is 9. The van der Waals surface area contributed by atoms with Crippen molar-refractivity contribution in [2.75, 3.05) is 26.4 Å². The third-order valence-corrected chi connectivity index (χ3v) is 19.0. The van der Waals surface area contributed by atoms with Gasteiger partial charge in [-0.05, 0) is 148 Å². The fourth-order valence-corrected chi connectivity index (χ4v) is 12.3. The zero-order chi connectivity index (χ0) is 85.8. The van der Waals surface area contributed by atoms with Crippen molar-refractivity contribution in [3.05, 3.63) is 82.2 Å². The molecule has 29 nitrogen and oxygen atoms in total. The molecule has 3 saturated heterocycles. The lowest BCUT2D eigenvalue weighted by atomic mass is 9.92. The van der Waals surface area contributed by atoms with Gasteiger partial charge in [0.15, 0.2) is 49.4 Å². The van der Waals surface area contributed by atoms with Crippen LogP contribution in [0, 0.1) is 32.5 Å². The van der Waals surface area contributed by atoms with Gasteiger partial charge < -0.3 is 80.5 Å². The average Bonchev–Trinajstić information content (AvgIpc) is 0.746. The molecule has 5 rings (SSSR count). The molecule has 0 aliphatic carbocycles. The second kappa shape index (κ2) is 45.6. The Kier molecular flexibility index (Phi) is 38.9. The van der Waals surface area contributed by atoms with Crippen LogP contribution in [0.4, 0.5) is 0 Å².